The molecule has 0 heterocycles. The maximum absolute atomic E-state index is 12.5. The number of esters is 2. The number of ether oxygens (including phenoxy) is 2. The number of phosphoric ester groups is 1. The predicted molar refractivity (Wildman–Crippen MR) is 208 cm³/mol. The van der Waals surface area contributed by atoms with Crippen LogP contribution in [-0.4, -0.2) is 59.9 Å². The van der Waals surface area contributed by atoms with Crippen molar-refractivity contribution in [2.75, 3.05) is 19.8 Å². The molecule has 3 atom stereocenters. The van der Waals surface area contributed by atoms with Gasteiger partial charge in [0.15, 0.2) is 6.10 Å². The summed E-state index contributed by atoms with van der Waals surface area (Å²) in [5, 5.41) is 8.86. The van der Waals surface area contributed by atoms with Crippen molar-refractivity contribution in [3.63, 3.8) is 0 Å². The molecule has 0 rings (SSSR count). The highest BCUT2D eigenvalue weighted by molar-refractivity contribution is 7.47. The molecular formula is C40H68NO10P. The van der Waals surface area contributed by atoms with Crippen LogP contribution in [0.5, 0.6) is 0 Å². The molecule has 0 aromatic rings. The molecule has 0 bridgehead atoms. The molecule has 298 valence electrons. The lowest BCUT2D eigenvalue weighted by Crippen LogP contribution is -2.34. The fourth-order valence-corrected chi connectivity index (χ4v) is 5.40. The number of carbonyl (C=O) groups excluding carboxylic acids is 2. The van der Waals surface area contributed by atoms with Crippen molar-refractivity contribution in [1.82, 2.24) is 0 Å². The van der Waals surface area contributed by atoms with E-state index < -0.39 is 51.1 Å². The number of carboxylic acids is 1. The van der Waals surface area contributed by atoms with Crippen LogP contribution in [0.15, 0.2) is 60.8 Å². The fraction of sp³-hybridized carbons (Fsp3) is 0.675. The van der Waals surface area contributed by atoms with Gasteiger partial charge in [0.25, 0.3) is 0 Å². The van der Waals surface area contributed by atoms with Crippen molar-refractivity contribution in [3.8, 4) is 0 Å². The van der Waals surface area contributed by atoms with Crippen LogP contribution >= 0.6 is 7.82 Å². The molecule has 0 aliphatic rings. The van der Waals surface area contributed by atoms with Gasteiger partial charge in [0, 0.05) is 12.8 Å². The summed E-state index contributed by atoms with van der Waals surface area (Å²) in [5.74, 6) is -2.47. The van der Waals surface area contributed by atoms with E-state index in [0.29, 0.717) is 19.3 Å². The molecule has 4 N–H and O–H groups in total. The van der Waals surface area contributed by atoms with E-state index in [1.54, 1.807) is 0 Å². The topological polar surface area (TPSA) is 172 Å². The Morgan fingerprint density at radius 3 is 1.65 bits per heavy atom. The zero-order chi connectivity index (χ0) is 38.5. The van der Waals surface area contributed by atoms with Crippen molar-refractivity contribution >= 4 is 25.7 Å². The van der Waals surface area contributed by atoms with Crippen LogP contribution in [0.4, 0.5) is 0 Å². The van der Waals surface area contributed by atoms with E-state index in [1.165, 1.54) is 32.1 Å². The van der Waals surface area contributed by atoms with E-state index in [1.807, 2.05) is 12.2 Å². The van der Waals surface area contributed by atoms with Gasteiger partial charge < -0.3 is 25.2 Å². The molecule has 0 spiro atoms. The minimum absolute atomic E-state index is 0.0811. The van der Waals surface area contributed by atoms with Crippen LogP contribution in [0.2, 0.25) is 0 Å². The summed E-state index contributed by atoms with van der Waals surface area (Å²) in [6.07, 6.45) is 38.7. The highest BCUT2D eigenvalue weighted by atomic mass is 31.2. The zero-order valence-corrected chi connectivity index (χ0v) is 32.8. The van der Waals surface area contributed by atoms with Gasteiger partial charge in [-0.2, -0.15) is 0 Å². The average molecular weight is 754 g/mol. The monoisotopic (exact) mass is 753 g/mol. The fourth-order valence-electron chi connectivity index (χ4n) is 4.62. The number of allylic oxidation sites excluding steroid dienone is 10. The minimum atomic E-state index is -4.73. The van der Waals surface area contributed by atoms with E-state index in [2.05, 4.69) is 67.0 Å². The molecule has 0 aromatic heterocycles. The molecule has 0 saturated carbocycles. The van der Waals surface area contributed by atoms with Gasteiger partial charge in [-0.05, 0) is 70.6 Å². The van der Waals surface area contributed by atoms with Gasteiger partial charge in [0.05, 0.1) is 13.2 Å². The molecule has 11 nitrogen and oxygen atoms in total. The number of carboxylic acid groups (broad SMARTS) is 1. The predicted octanol–water partition coefficient (Wildman–Crippen LogP) is 9.61. The number of rotatable bonds is 35. The van der Waals surface area contributed by atoms with Crippen molar-refractivity contribution < 1.29 is 47.5 Å². The molecule has 1 unspecified atom stereocenters. The Morgan fingerprint density at radius 2 is 1.06 bits per heavy atom. The van der Waals surface area contributed by atoms with E-state index >= 15 is 0 Å². The van der Waals surface area contributed by atoms with Gasteiger partial charge in [-0.15, -0.1) is 0 Å². The standard InChI is InChI=1S/C40H68NO10P/c1-3-5-7-9-11-13-15-16-17-18-19-20-22-24-26-28-30-32-39(43)51-36(34-49-52(46,47)50-35-37(41)40(44)45)33-48-38(42)31-29-27-25-23-21-14-12-10-8-6-4-2/h10-13,16-17,19-20,24,26,36-37H,3-9,14-15,18,21-23,25,27-35,41H2,1-2H3,(H,44,45)(H,46,47)/b12-10+,13-11+,17-16+,20-19+,26-24+/t36-,37-/m0/s1. The smallest absolute Gasteiger partial charge is 0.472 e. The Balaban J connectivity index is 4.56. The van der Waals surface area contributed by atoms with E-state index in [4.69, 9.17) is 24.8 Å². The number of carbonyl (C=O) groups is 3. The van der Waals surface area contributed by atoms with Gasteiger partial charge in [-0.1, -0.05) is 120 Å². The Bertz CT molecular complexity index is 1120. The van der Waals surface area contributed by atoms with Crippen molar-refractivity contribution in [2.24, 2.45) is 5.73 Å². The summed E-state index contributed by atoms with van der Waals surface area (Å²) in [4.78, 5) is 45.7. The molecule has 52 heavy (non-hydrogen) atoms. The lowest BCUT2D eigenvalue weighted by Gasteiger charge is -2.20. The first-order valence-corrected chi connectivity index (χ1v) is 20.8. The SMILES string of the molecule is CCCC/C=C/CCCCCCCC(=O)OC[C@@H](COP(=O)(O)OC[C@H](N)C(=O)O)OC(=O)CCC/C=C/C/C=C/C/C=C/C/C=C/CCCCC. The molecule has 0 amide bonds. The quantitative estimate of drug-likeness (QED) is 0.0244. The number of nitrogens with two attached hydrogens (primary N) is 1. The third kappa shape index (κ3) is 34.3. The third-order valence-electron chi connectivity index (χ3n) is 7.74. The van der Waals surface area contributed by atoms with Crippen LogP contribution in [0.25, 0.3) is 0 Å². The second kappa shape index (κ2) is 35.2. The first-order valence-electron chi connectivity index (χ1n) is 19.3. The number of hydrogen-bond donors (Lipinski definition) is 3. The summed E-state index contributed by atoms with van der Waals surface area (Å²) >= 11 is 0. The van der Waals surface area contributed by atoms with E-state index in [0.717, 1.165) is 64.2 Å². The third-order valence-corrected chi connectivity index (χ3v) is 8.69. The van der Waals surface area contributed by atoms with Crippen LogP contribution in [0.1, 0.15) is 142 Å². The Labute approximate surface area is 313 Å². The van der Waals surface area contributed by atoms with Gasteiger partial charge in [0.2, 0.25) is 0 Å². The maximum atomic E-state index is 12.5. The summed E-state index contributed by atoms with van der Waals surface area (Å²) in [6.45, 7) is 2.64. The summed E-state index contributed by atoms with van der Waals surface area (Å²) in [5.41, 5.74) is 5.31. The molecule has 0 saturated heterocycles. The molecule has 0 aliphatic heterocycles. The molecule has 12 heteroatoms. The Kier molecular flexibility index (Phi) is 33.3. The Hall–Kier alpha value is -2.82. The number of aliphatic carboxylic acids is 1. The summed E-state index contributed by atoms with van der Waals surface area (Å²) in [7, 11) is -4.73. The van der Waals surface area contributed by atoms with Crippen LogP contribution in [0, 0.1) is 0 Å². The molecular weight excluding hydrogens is 685 g/mol. The van der Waals surface area contributed by atoms with Crippen LogP contribution in [0.3, 0.4) is 0 Å². The number of phosphoric acid groups is 1. The number of hydrogen-bond acceptors (Lipinski definition) is 9. The summed E-state index contributed by atoms with van der Waals surface area (Å²) < 4.78 is 32.5. The van der Waals surface area contributed by atoms with Crippen LogP contribution in [-0.2, 0) is 37.5 Å². The zero-order valence-electron chi connectivity index (χ0n) is 31.9. The normalized spacial score (nSPS) is 14.5. The first-order chi connectivity index (χ1) is 25.1. The van der Waals surface area contributed by atoms with Crippen molar-refractivity contribution in [2.45, 2.75) is 154 Å². The van der Waals surface area contributed by atoms with Gasteiger partial charge in [-0.3, -0.25) is 23.4 Å². The molecule has 0 radical (unpaired) electrons. The lowest BCUT2D eigenvalue weighted by atomic mass is 10.1. The lowest BCUT2D eigenvalue weighted by molar-refractivity contribution is -0.161. The Morgan fingerprint density at radius 1 is 0.596 bits per heavy atom. The van der Waals surface area contributed by atoms with Gasteiger partial charge in [-0.25, -0.2) is 4.57 Å². The molecule has 0 fully saturated rings. The van der Waals surface area contributed by atoms with Crippen molar-refractivity contribution in [3.05, 3.63) is 60.8 Å². The maximum Gasteiger partial charge on any atom is 0.472 e. The number of unbranched alkanes of at least 4 members (excludes halogenated alkanes) is 11. The minimum Gasteiger partial charge on any atom is -0.480 e. The first kappa shape index (κ1) is 49.2. The van der Waals surface area contributed by atoms with Crippen LogP contribution < -0.4 is 5.73 Å². The van der Waals surface area contributed by atoms with Crippen molar-refractivity contribution in [1.29, 1.82) is 0 Å². The average Bonchev–Trinajstić information content (AvgIpc) is 3.12. The molecule has 0 aliphatic carbocycles. The largest absolute Gasteiger partial charge is 0.480 e. The molecule has 0 aromatic carbocycles. The van der Waals surface area contributed by atoms with E-state index in [9.17, 15) is 23.8 Å². The van der Waals surface area contributed by atoms with E-state index in [-0.39, 0.29) is 19.4 Å². The highest BCUT2D eigenvalue weighted by Crippen LogP contribution is 2.43. The summed E-state index contributed by atoms with van der Waals surface area (Å²) in [6, 6.07) is -1.53. The second-order valence-corrected chi connectivity index (χ2v) is 14.2. The van der Waals surface area contributed by atoms with Gasteiger partial charge in [0.1, 0.15) is 12.6 Å². The highest BCUT2D eigenvalue weighted by Gasteiger charge is 2.28. The van der Waals surface area contributed by atoms with Gasteiger partial charge >= 0.3 is 25.7 Å². The second-order valence-electron chi connectivity index (χ2n) is 12.7.